The molecular formula is C9H13O2-. The minimum Gasteiger partial charge on any atom is -0.872 e. The summed E-state index contributed by atoms with van der Waals surface area (Å²) < 4.78 is 0. The van der Waals surface area contributed by atoms with E-state index in [0.29, 0.717) is 0 Å². The quantitative estimate of drug-likeness (QED) is 0.607. The molecule has 0 spiro atoms. The molecule has 0 aliphatic heterocycles. The molecular weight excluding hydrogens is 140 g/mol. The standard InChI is InChI=1S/C6H6O.C3H8O/c7-6-4-2-1-3-5-6;1-3(2)4/h1-5,7H;3-4H,1-2H3/p-1. The van der Waals surface area contributed by atoms with Crippen molar-refractivity contribution in [2.24, 2.45) is 0 Å². The summed E-state index contributed by atoms with van der Waals surface area (Å²) in [5.74, 6) is 0.0718. The Morgan fingerprint density at radius 3 is 1.73 bits per heavy atom. The molecule has 0 fully saturated rings. The molecule has 0 aliphatic carbocycles. The lowest BCUT2D eigenvalue weighted by Crippen LogP contribution is -1.85. The molecule has 1 N–H and O–H groups in total. The monoisotopic (exact) mass is 153 g/mol. The van der Waals surface area contributed by atoms with Crippen molar-refractivity contribution in [3.63, 3.8) is 0 Å². The SMILES string of the molecule is CC(C)O.[O-]c1ccccc1. The van der Waals surface area contributed by atoms with Crippen LogP contribution in [0.25, 0.3) is 0 Å². The third kappa shape index (κ3) is 8.98. The third-order valence-electron chi connectivity index (χ3n) is 0.743. The van der Waals surface area contributed by atoms with Gasteiger partial charge in [-0.1, -0.05) is 30.3 Å². The number of aliphatic hydroxyl groups excluding tert-OH is 1. The van der Waals surface area contributed by atoms with Crippen LogP contribution < -0.4 is 5.11 Å². The summed E-state index contributed by atoms with van der Waals surface area (Å²) in [5.41, 5.74) is 0. The largest absolute Gasteiger partial charge is 0.872 e. The second-order valence-electron chi connectivity index (χ2n) is 2.41. The molecule has 0 saturated carbocycles. The molecule has 2 nitrogen and oxygen atoms in total. The van der Waals surface area contributed by atoms with Crippen LogP contribution in [-0.4, -0.2) is 11.2 Å². The van der Waals surface area contributed by atoms with Crippen molar-refractivity contribution in [3.8, 4) is 5.75 Å². The van der Waals surface area contributed by atoms with Crippen LogP contribution in [0.3, 0.4) is 0 Å². The molecule has 0 aromatic heterocycles. The van der Waals surface area contributed by atoms with Gasteiger partial charge in [0, 0.05) is 6.10 Å². The summed E-state index contributed by atoms with van der Waals surface area (Å²) in [6, 6.07) is 8.33. The highest BCUT2D eigenvalue weighted by Gasteiger charge is 1.69. The van der Waals surface area contributed by atoms with Gasteiger partial charge in [-0.15, -0.1) is 5.75 Å². The average Bonchev–Trinajstić information content (AvgIpc) is 1.87. The van der Waals surface area contributed by atoms with Gasteiger partial charge in [0.15, 0.2) is 0 Å². The third-order valence-corrected chi connectivity index (χ3v) is 0.743. The molecule has 1 aromatic carbocycles. The van der Waals surface area contributed by atoms with E-state index in [1.54, 1.807) is 26.0 Å². The van der Waals surface area contributed by atoms with Gasteiger partial charge in [0.05, 0.1) is 0 Å². The second-order valence-corrected chi connectivity index (χ2v) is 2.41. The maximum atomic E-state index is 10.3. The van der Waals surface area contributed by atoms with Gasteiger partial charge in [-0.3, -0.25) is 0 Å². The molecule has 1 rings (SSSR count). The van der Waals surface area contributed by atoms with Crippen molar-refractivity contribution in [2.75, 3.05) is 0 Å². The van der Waals surface area contributed by atoms with Crippen molar-refractivity contribution in [2.45, 2.75) is 20.0 Å². The van der Waals surface area contributed by atoms with Crippen LogP contribution in [0.15, 0.2) is 30.3 Å². The zero-order valence-corrected chi connectivity index (χ0v) is 6.82. The topological polar surface area (TPSA) is 43.3 Å². The first-order valence-corrected chi connectivity index (χ1v) is 3.53. The zero-order chi connectivity index (χ0) is 8.69. The summed E-state index contributed by atoms with van der Waals surface area (Å²) in [4.78, 5) is 0. The van der Waals surface area contributed by atoms with E-state index in [2.05, 4.69) is 0 Å². The highest BCUT2D eigenvalue weighted by Crippen LogP contribution is 1.98. The molecule has 0 aliphatic rings. The van der Waals surface area contributed by atoms with Crippen molar-refractivity contribution >= 4 is 0 Å². The molecule has 0 radical (unpaired) electrons. The number of hydrogen-bond donors (Lipinski definition) is 1. The van der Waals surface area contributed by atoms with E-state index in [9.17, 15) is 5.11 Å². The van der Waals surface area contributed by atoms with Gasteiger partial charge in [0.2, 0.25) is 0 Å². The summed E-state index contributed by atoms with van der Waals surface area (Å²) in [5, 5.41) is 18.3. The summed E-state index contributed by atoms with van der Waals surface area (Å²) in [6.07, 6.45) is -0.167. The molecule has 0 saturated heterocycles. The fourth-order valence-corrected chi connectivity index (χ4v) is 0.420. The van der Waals surface area contributed by atoms with Gasteiger partial charge in [-0.05, 0) is 13.8 Å². The predicted octanol–water partition coefficient (Wildman–Crippen LogP) is 1.15. The van der Waals surface area contributed by atoms with Gasteiger partial charge < -0.3 is 10.2 Å². The van der Waals surface area contributed by atoms with E-state index < -0.39 is 0 Å². The van der Waals surface area contributed by atoms with Crippen LogP contribution in [0, 0.1) is 0 Å². The number of para-hydroxylation sites is 1. The molecule has 2 heteroatoms. The number of rotatable bonds is 0. The van der Waals surface area contributed by atoms with E-state index in [0.717, 1.165) is 0 Å². The van der Waals surface area contributed by atoms with E-state index in [1.807, 2.05) is 6.07 Å². The Kier molecular flexibility index (Phi) is 5.21. The molecule has 1 aromatic rings. The molecule has 11 heavy (non-hydrogen) atoms. The van der Waals surface area contributed by atoms with Crippen LogP contribution in [0.2, 0.25) is 0 Å². The van der Waals surface area contributed by atoms with Crippen molar-refractivity contribution < 1.29 is 10.2 Å². The fraction of sp³-hybridized carbons (Fsp3) is 0.333. The fourth-order valence-electron chi connectivity index (χ4n) is 0.420. The van der Waals surface area contributed by atoms with Gasteiger partial charge >= 0.3 is 0 Å². The summed E-state index contributed by atoms with van der Waals surface area (Å²) >= 11 is 0. The number of benzene rings is 1. The number of hydrogen-bond acceptors (Lipinski definition) is 2. The van der Waals surface area contributed by atoms with Gasteiger partial charge in [0.1, 0.15) is 0 Å². The minimum atomic E-state index is -0.167. The molecule has 0 amide bonds. The van der Waals surface area contributed by atoms with E-state index in [4.69, 9.17) is 5.11 Å². The Labute approximate surface area is 67.1 Å². The molecule has 0 heterocycles. The first kappa shape index (κ1) is 9.98. The van der Waals surface area contributed by atoms with Crippen LogP contribution >= 0.6 is 0 Å². The maximum absolute atomic E-state index is 10.3. The van der Waals surface area contributed by atoms with Crippen molar-refractivity contribution in [1.82, 2.24) is 0 Å². The summed E-state index contributed by atoms with van der Waals surface area (Å²) in [7, 11) is 0. The van der Waals surface area contributed by atoms with E-state index >= 15 is 0 Å². The lowest BCUT2D eigenvalue weighted by atomic mass is 10.3. The highest BCUT2D eigenvalue weighted by molar-refractivity contribution is 5.17. The van der Waals surface area contributed by atoms with Gasteiger partial charge in [-0.25, -0.2) is 0 Å². The van der Waals surface area contributed by atoms with Crippen LogP contribution in [0.1, 0.15) is 13.8 Å². The Morgan fingerprint density at radius 1 is 1.18 bits per heavy atom. The van der Waals surface area contributed by atoms with Crippen molar-refractivity contribution in [3.05, 3.63) is 30.3 Å². The Balaban J connectivity index is 0.000000218. The Bertz CT molecular complexity index is 167. The lowest BCUT2D eigenvalue weighted by molar-refractivity contribution is -0.268. The first-order valence-electron chi connectivity index (χ1n) is 3.53. The van der Waals surface area contributed by atoms with Crippen molar-refractivity contribution in [1.29, 1.82) is 0 Å². The summed E-state index contributed by atoms with van der Waals surface area (Å²) in [6.45, 7) is 3.44. The number of aliphatic hydroxyl groups is 1. The van der Waals surface area contributed by atoms with E-state index in [1.165, 1.54) is 12.1 Å². The second kappa shape index (κ2) is 5.74. The van der Waals surface area contributed by atoms with E-state index in [-0.39, 0.29) is 11.9 Å². The van der Waals surface area contributed by atoms with Gasteiger partial charge in [-0.2, -0.15) is 0 Å². The molecule has 0 bridgehead atoms. The minimum absolute atomic E-state index is 0.0718. The van der Waals surface area contributed by atoms with Crippen LogP contribution in [0.5, 0.6) is 5.75 Å². The molecule has 62 valence electrons. The normalized spacial score (nSPS) is 8.73. The highest BCUT2D eigenvalue weighted by atomic mass is 16.3. The maximum Gasteiger partial charge on any atom is 0.0483 e. The first-order chi connectivity index (χ1) is 5.13. The Morgan fingerprint density at radius 2 is 1.55 bits per heavy atom. The van der Waals surface area contributed by atoms with Crippen LogP contribution in [0.4, 0.5) is 0 Å². The molecule has 0 atom stereocenters. The van der Waals surface area contributed by atoms with Crippen LogP contribution in [-0.2, 0) is 0 Å². The average molecular weight is 153 g/mol. The zero-order valence-electron chi connectivity index (χ0n) is 6.82. The molecule has 0 unspecified atom stereocenters. The lowest BCUT2D eigenvalue weighted by Gasteiger charge is -1.98. The van der Waals surface area contributed by atoms with Gasteiger partial charge in [0.25, 0.3) is 0 Å². The Hall–Kier alpha value is -1.02. The smallest absolute Gasteiger partial charge is 0.0483 e. The predicted molar refractivity (Wildman–Crippen MR) is 43.2 cm³/mol.